The second kappa shape index (κ2) is 5.31. The van der Waals surface area contributed by atoms with Crippen LogP contribution in [0.2, 0.25) is 0 Å². The van der Waals surface area contributed by atoms with Gasteiger partial charge >= 0.3 is 0 Å². The monoisotopic (exact) mass is 211 g/mol. The maximum Gasteiger partial charge on any atom is 0.0474 e. The standard InChI is InChI=1S/C13H25NO/c1-10-7-12(9-15)13(14-8-10)11-5-3-2-4-6-11/h10-15H,2-9H2,1H3. The molecule has 0 radical (unpaired) electrons. The quantitative estimate of drug-likeness (QED) is 0.733. The molecule has 3 atom stereocenters. The predicted octanol–water partition coefficient (Wildman–Crippen LogP) is 2.17. The van der Waals surface area contributed by atoms with Crippen LogP contribution in [-0.2, 0) is 0 Å². The van der Waals surface area contributed by atoms with E-state index in [9.17, 15) is 5.11 Å². The Morgan fingerprint density at radius 2 is 1.93 bits per heavy atom. The summed E-state index contributed by atoms with van der Waals surface area (Å²) in [5.41, 5.74) is 0. The third kappa shape index (κ3) is 2.73. The van der Waals surface area contributed by atoms with E-state index in [1.165, 1.54) is 38.5 Å². The fraction of sp³-hybridized carbons (Fsp3) is 1.00. The molecule has 1 aliphatic carbocycles. The summed E-state index contributed by atoms with van der Waals surface area (Å²) >= 11 is 0. The minimum Gasteiger partial charge on any atom is -0.396 e. The van der Waals surface area contributed by atoms with Crippen molar-refractivity contribution in [2.45, 2.75) is 51.5 Å². The lowest BCUT2D eigenvalue weighted by Crippen LogP contribution is -2.50. The van der Waals surface area contributed by atoms with Gasteiger partial charge in [0.2, 0.25) is 0 Å². The average Bonchev–Trinajstić information content (AvgIpc) is 2.30. The van der Waals surface area contributed by atoms with Crippen LogP contribution in [0.1, 0.15) is 45.4 Å². The predicted molar refractivity (Wildman–Crippen MR) is 62.7 cm³/mol. The summed E-state index contributed by atoms with van der Waals surface area (Å²) in [5, 5.41) is 13.1. The van der Waals surface area contributed by atoms with Crippen LogP contribution in [-0.4, -0.2) is 24.3 Å². The summed E-state index contributed by atoms with van der Waals surface area (Å²) in [7, 11) is 0. The van der Waals surface area contributed by atoms with Gasteiger partial charge in [0.25, 0.3) is 0 Å². The lowest BCUT2D eigenvalue weighted by atomic mass is 9.74. The number of hydrogen-bond donors (Lipinski definition) is 2. The maximum absolute atomic E-state index is 9.47. The molecule has 15 heavy (non-hydrogen) atoms. The minimum absolute atomic E-state index is 0.374. The zero-order valence-corrected chi connectivity index (χ0v) is 9.91. The zero-order chi connectivity index (χ0) is 10.7. The van der Waals surface area contributed by atoms with Gasteiger partial charge in [-0.2, -0.15) is 0 Å². The zero-order valence-electron chi connectivity index (χ0n) is 9.91. The van der Waals surface area contributed by atoms with Crippen LogP contribution in [0.5, 0.6) is 0 Å². The van der Waals surface area contributed by atoms with Crippen molar-refractivity contribution in [3.63, 3.8) is 0 Å². The van der Waals surface area contributed by atoms with E-state index in [4.69, 9.17) is 0 Å². The van der Waals surface area contributed by atoms with Crippen molar-refractivity contribution in [3.05, 3.63) is 0 Å². The second-order valence-corrected chi connectivity index (χ2v) is 5.62. The number of nitrogens with one attached hydrogen (secondary N) is 1. The van der Waals surface area contributed by atoms with Gasteiger partial charge in [-0.25, -0.2) is 0 Å². The number of rotatable bonds is 2. The molecule has 2 rings (SSSR count). The molecule has 0 spiro atoms. The summed E-state index contributed by atoms with van der Waals surface area (Å²) in [6, 6.07) is 0.603. The second-order valence-electron chi connectivity index (χ2n) is 5.62. The van der Waals surface area contributed by atoms with Gasteiger partial charge in [-0.05, 0) is 43.6 Å². The molecule has 2 N–H and O–H groups in total. The van der Waals surface area contributed by atoms with Crippen LogP contribution in [0.15, 0.2) is 0 Å². The number of aliphatic hydroxyl groups excluding tert-OH is 1. The molecule has 88 valence electrons. The van der Waals surface area contributed by atoms with E-state index < -0.39 is 0 Å². The van der Waals surface area contributed by atoms with E-state index in [0.29, 0.717) is 18.6 Å². The van der Waals surface area contributed by atoms with Crippen molar-refractivity contribution in [2.75, 3.05) is 13.2 Å². The molecule has 0 bridgehead atoms. The minimum atomic E-state index is 0.374. The highest BCUT2D eigenvalue weighted by atomic mass is 16.3. The van der Waals surface area contributed by atoms with Gasteiger partial charge in [-0.15, -0.1) is 0 Å². The number of aliphatic hydroxyl groups is 1. The fourth-order valence-electron chi connectivity index (χ4n) is 3.48. The normalized spacial score (nSPS) is 39.2. The van der Waals surface area contributed by atoms with Crippen molar-refractivity contribution in [1.82, 2.24) is 5.32 Å². The molecule has 0 aromatic heterocycles. The molecule has 1 aliphatic heterocycles. The average molecular weight is 211 g/mol. The molecule has 2 fully saturated rings. The molecule has 1 saturated carbocycles. The number of piperidine rings is 1. The molecular weight excluding hydrogens is 186 g/mol. The Bertz CT molecular complexity index is 187. The van der Waals surface area contributed by atoms with Crippen molar-refractivity contribution in [3.8, 4) is 0 Å². The first-order valence-electron chi connectivity index (χ1n) is 6.65. The van der Waals surface area contributed by atoms with Crippen LogP contribution in [0.4, 0.5) is 0 Å². The Hall–Kier alpha value is -0.0800. The van der Waals surface area contributed by atoms with E-state index in [1.807, 2.05) is 0 Å². The van der Waals surface area contributed by atoms with Gasteiger partial charge < -0.3 is 10.4 Å². The van der Waals surface area contributed by atoms with Gasteiger partial charge in [-0.3, -0.25) is 0 Å². The Labute approximate surface area is 93.5 Å². The lowest BCUT2D eigenvalue weighted by Gasteiger charge is -2.41. The first-order chi connectivity index (χ1) is 7.31. The fourth-order valence-corrected chi connectivity index (χ4v) is 3.48. The molecule has 2 heteroatoms. The SMILES string of the molecule is CC1CNC(C2CCCCC2)C(CO)C1. The van der Waals surface area contributed by atoms with E-state index in [1.54, 1.807) is 0 Å². The summed E-state index contributed by atoms with van der Waals surface area (Å²) in [6.45, 7) is 3.81. The third-order valence-corrected chi connectivity index (χ3v) is 4.31. The van der Waals surface area contributed by atoms with Gasteiger partial charge in [0, 0.05) is 12.6 Å². The van der Waals surface area contributed by atoms with E-state index in [-0.39, 0.29) is 0 Å². The van der Waals surface area contributed by atoms with Crippen LogP contribution in [0, 0.1) is 17.8 Å². The number of hydrogen-bond acceptors (Lipinski definition) is 2. The van der Waals surface area contributed by atoms with E-state index in [2.05, 4.69) is 12.2 Å². The highest BCUT2D eigenvalue weighted by molar-refractivity contribution is 4.89. The van der Waals surface area contributed by atoms with Crippen LogP contribution in [0.25, 0.3) is 0 Å². The Morgan fingerprint density at radius 3 is 2.60 bits per heavy atom. The molecule has 3 unspecified atom stereocenters. The summed E-state index contributed by atoms with van der Waals surface area (Å²) in [5.74, 6) is 2.09. The molecule has 1 heterocycles. The Balaban J connectivity index is 1.93. The van der Waals surface area contributed by atoms with Crippen molar-refractivity contribution < 1.29 is 5.11 Å². The molecule has 2 aliphatic rings. The lowest BCUT2D eigenvalue weighted by molar-refractivity contribution is 0.0920. The smallest absolute Gasteiger partial charge is 0.0474 e. The van der Waals surface area contributed by atoms with E-state index in [0.717, 1.165) is 18.4 Å². The summed E-state index contributed by atoms with van der Waals surface area (Å²) < 4.78 is 0. The molecule has 0 aromatic carbocycles. The first-order valence-corrected chi connectivity index (χ1v) is 6.65. The highest BCUT2D eigenvalue weighted by Crippen LogP contribution is 2.33. The van der Waals surface area contributed by atoms with Crippen molar-refractivity contribution >= 4 is 0 Å². The first kappa shape index (κ1) is 11.4. The van der Waals surface area contributed by atoms with Gasteiger partial charge in [0.15, 0.2) is 0 Å². The van der Waals surface area contributed by atoms with Crippen LogP contribution < -0.4 is 5.32 Å². The largest absolute Gasteiger partial charge is 0.396 e. The molecule has 0 aromatic rings. The van der Waals surface area contributed by atoms with Crippen LogP contribution >= 0.6 is 0 Å². The molecule has 1 saturated heterocycles. The molecule has 2 nitrogen and oxygen atoms in total. The topological polar surface area (TPSA) is 32.3 Å². The summed E-state index contributed by atoms with van der Waals surface area (Å²) in [6.07, 6.45) is 8.19. The maximum atomic E-state index is 9.47. The highest BCUT2D eigenvalue weighted by Gasteiger charge is 2.33. The molecule has 0 amide bonds. The third-order valence-electron chi connectivity index (χ3n) is 4.31. The van der Waals surface area contributed by atoms with Crippen molar-refractivity contribution in [1.29, 1.82) is 0 Å². The molecular formula is C13H25NO. The Morgan fingerprint density at radius 1 is 1.20 bits per heavy atom. The van der Waals surface area contributed by atoms with Crippen LogP contribution in [0.3, 0.4) is 0 Å². The Kier molecular flexibility index (Phi) is 4.04. The van der Waals surface area contributed by atoms with Crippen molar-refractivity contribution in [2.24, 2.45) is 17.8 Å². The van der Waals surface area contributed by atoms with Gasteiger partial charge in [0.05, 0.1) is 0 Å². The summed E-state index contributed by atoms with van der Waals surface area (Å²) in [4.78, 5) is 0. The van der Waals surface area contributed by atoms with E-state index >= 15 is 0 Å². The van der Waals surface area contributed by atoms with Gasteiger partial charge in [-0.1, -0.05) is 26.2 Å². The van der Waals surface area contributed by atoms with Gasteiger partial charge in [0.1, 0.15) is 0 Å².